The number of sulfonamides is 1. The van der Waals surface area contributed by atoms with Gasteiger partial charge in [0, 0.05) is 13.6 Å². The second kappa shape index (κ2) is 8.64. The molecule has 128 valence electrons. The Bertz CT molecular complexity index is 631. The maximum Gasteiger partial charge on any atom is 0.323 e. The smallest absolute Gasteiger partial charge is 0.323 e. The Morgan fingerprint density at radius 3 is 2.26 bits per heavy atom. The third-order valence-corrected chi connectivity index (χ3v) is 5.20. The molecule has 1 aromatic carbocycles. The molecule has 0 bridgehead atoms. The summed E-state index contributed by atoms with van der Waals surface area (Å²) in [6, 6.07) is 9.36. The van der Waals surface area contributed by atoms with Crippen molar-refractivity contribution in [2.75, 3.05) is 32.4 Å². The van der Waals surface area contributed by atoms with Crippen LogP contribution in [0.25, 0.3) is 0 Å². The Labute approximate surface area is 136 Å². The van der Waals surface area contributed by atoms with Gasteiger partial charge in [0.2, 0.25) is 15.9 Å². The molecule has 0 aliphatic carbocycles. The summed E-state index contributed by atoms with van der Waals surface area (Å²) < 4.78 is 24.3. The molecule has 0 radical (unpaired) electrons. The fourth-order valence-corrected chi connectivity index (χ4v) is 2.72. The minimum Gasteiger partial charge on any atom is -0.480 e. The largest absolute Gasteiger partial charge is 0.480 e. The summed E-state index contributed by atoms with van der Waals surface area (Å²) in [6.07, 6.45) is 0.504. The van der Waals surface area contributed by atoms with E-state index in [4.69, 9.17) is 5.11 Å². The third kappa shape index (κ3) is 6.37. The SMILES string of the molecule is CCS(=O)(=O)N(C)CC(=O)N(CCc1ccccc1)CC(=O)O. The molecule has 0 fully saturated rings. The summed E-state index contributed by atoms with van der Waals surface area (Å²) in [5.74, 6) is -1.77. The summed E-state index contributed by atoms with van der Waals surface area (Å²) in [4.78, 5) is 24.3. The van der Waals surface area contributed by atoms with E-state index in [0.717, 1.165) is 14.8 Å². The molecule has 0 aromatic heterocycles. The maximum absolute atomic E-state index is 12.2. The van der Waals surface area contributed by atoms with E-state index in [1.54, 1.807) is 0 Å². The van der Waals surface area contributed by atoms with Gasteiger partial charge in [-0.05, 0) is 18.9 Å². The number of carbonyl (C=O) groups is 2. The molecule has 0 saturated heterocycles. The van der Waals surface area contributed by atoms with Gasteiger partial charge in [-0.25, -0.2) is 8.42 Å². The summed E-state index contributed by atoms with van der Waals surface area (Å²) in [5.41, 5.74) is 0.977. The molecular formula is C15H22N2O5S. The van der Waals surface area contributed by atoms with Gasteiger partial charge < -0.3 is 10.0 Å². The van der Waals surface area contributed by atoms with E-state index in [9.17, 15) is 18.0 Å². The number of aliphatic carboxylic acids is 1. The molecule has 1 aromatic rings. The number of rotatable bonds is 9. The van der Waals surface area contributed by atoms with Crippen LogP contribution in [-0.2, 0) is 26.0 Å². The second-order valence-electron chi connectivity index (χ2n) is 5.10. The average molecular weight is 342 g/mol. The number of hydrogen-bond donors (Lipinski definition) is 1. The van der Waals surface area contributed by atoms with Crippen LogP contribution in [0, 0.1) is 0 Å². The van der Waals surface area contributed by atoms with Crippen molar-refractivity contribution in [3.05, 3.63) is 35.9 Å². The standard InChI is InChI=1S/C15H22N2O5S/c1-3-23(21,22)16(2)11-14(18)17(12-15(19)20)10-9-13-7-5-4-6-8-13/h4-8H,3,9-12H2,1-2H3,(H,19,20). The highest BCUT2D eigenvalue weighted by molar-refractivity contribution is 7.89. The third-order valence-electron chi connectivity index (χ3n) is 3.39. The van der Waals surface area contributed by atoms with E-state index in [1.165, 1.54) is 14.0 Å². The minimum atomic E-state index is -3.48. The van der Waals surface area contributed by atoms with Crippen LogP contribution in [0.3, 0.4) is 0 Å². The molecule has 0 aliphatic heterocycles. The lowest BCUT2D eigenvalue weighted by molar-refractivity contribution is -0.144. The Hall–Kier alpha value is -1.93. The highest BCUT2D eigenvalue weighted by Crippen LogP contribution is 2.04. The van der Waals surface area contributed by atoms with Crippen LogP contribution < -0.4 is 0 Å². The molecule has 1 N–H and O–H groups in total. The van der Waals surface area contributed by atoms with E-state index in [1.807, 2.05) is 30.3 Å². The molecule has 23 heavy (non-hydrogen) atoms. The Balaban J connectivity index is 2.73. The normalized spacial score (nSPS) is 11.4. The van der Waals surface area contributed by atoms with Crippen molar-refractivity contribution < 1.29 is 23.1 Å². The van der Waals surface area contributed by atoms with Gasteiger partial charge in [0.25, 0.3) is 0 Å². The number of nitrogens with zero attached hydrogens (tertiary/aromatic N) is 2. The van der Waals surface area contributed by atoms with Crippen LogP contribution in [0.1, 0.15) is 12.5 Å². The van der Waals surface area contributed by atoms with Gasteiger partial charge in [-0.3, -0.25) is 9.59 Å². The van der Waals surface area contributed by atoms with Gasteiger partial charge in [-0.1, -0.05) is 30.3 Å². The van der Waals surface area contributed by atoms with Crippen LogP contribution in [0.4, 0.5) is 0 Å². The predicted molar refractivity (Wildman–Crippen MR) is 86.5 cm³/mol. The molecule has 1 amide bonds. The number of carbonyl (C=O) groups excluding carboxylic acids is 1. The molecular weight excluding hydrogens is 320 g/mol. The Kier molecular flexibility index (Phi) is 7.18. The van der Waals surface area contributed by atoms with Gasteiger partial charge in [-0.2, -0.15) is 4.31 Å². The molecule has 7 nitrogen and oxygen atoms in total. The highest BCUT2D eigenvalue weighted by atomic mass is 32.2. The van der Waals surface area contributed by atoms with Crippen LogP contribution in [0.2, 0.25) is 0 Å². The Morgan fingerprint density at radius 1 is 1.13 bits per heavy atom. The number of amides is 1. The van der Waals surface area contributed by atoms with Crippen molar-refractivity contribution in [1.82, 2.24) is 9.21 Å². The van der Waals surface area contributed by atoms with Gasteiger partial charge >= 0.3 is 5.97 Å². The van der Waals surface area contributed by atoms with Crippen molar-refractivity contribution in [2.24, 2.45) is 0 Å². The highest BCUT2D eigenvalue weighted by Gasteiger charge is 2.23. The summed E-state index contributed by atoms with van der Waals surface area (Å²) in [7, 11) is -2.17. The molecule has 0 aliphatic rings. The molecule has 1 rings (SSSR count). The molecule has 0 unspecified atom stereocenters. The van der Waals surface area contributed by atoms with Crippen molar-refractivity contribution in [1.29, 1.82) is 0 Å². The van der Waals surface area contributed by atoms with E-state index in [0.29, 0.717) is 6.42 Å². The topological polar surface area (TPSA) is 95.0 Å². The van der Waals surface area contributed by atoms with Crippen molar-refractivity contribution >= 4 is 21.9 Å². The van der Waals surface area contributed by atoms with Crippen LogP contribution >= 0.6 is 0 Å². The summed E-state index contributed by atoms with van der Waals surface area (Å²) in [5, 5.41) is 8.94. The first kappa shape index (κ1) is 19.1. The zero-order valence-corrected chi connectivity index (χ0v) is 14.1. The lowest BCUT2D eigenvalue weighted by atomic mass is 10.1. The lowest BCUT2D eigenvalue weighted by Crippen LogP contribution is -2.44. The average Bonchev–Trinajstić information content (AvgIpc) is 2.51. The molecule has 0 spiro atoms. The number of carboxylic acid groups (broad SMARTS) is 1. The molecule has 0 saturated carbocycles. The van der Waals surface area contributed by atoms with Crippen molar-refractivity contribution in [3.63, 3.8) is 0 Å². The summed E-state index contributed by atoms with van der Waals surface area (Å²) in [6.45, 7) is 0.889. The second-order valence-corrected chi connectivity index (χ2v) is 7.47. The van der Waals surface area contributed by atoms with Gasteiger partial charge in [0.1, 0.15) is 6.54 Å². The summed E-state index contributed by atoms with van der Waals surface area (Å²) >= 11 is 0. The fraction of sp³-hybridized carbons (Fsp3) is 0.467. The van der Waals surface area contributed by atoms with Gasteiger partial charge in [-0.15, -0.1) is 0 Å². The van der Waals surface area contributed by atoms with E-state index in [2.05, 4.69) is 0 Å². The maximum atomic E-state index is 12.2. The monoisotopic (exact) mass is 342 g/mol. The molecule has 8 heteroatoms. The van der Waals surface area contributed by atoms with Crippen molar-refractivity contribution in [2.45, 2.75) is 13.3 Å². The molecule has 0 heterocycles. The molecule has 0 atom stereocenters. The van der Waals surface area contributed by atoms with Crippen LogP contribution in [0.15, 0.2) is 30.3 Å². The van der Waals surface area contributed by atoms with Crippen LogP contribution in [0.5, 0.6) is 0 Å². The first-order valence-electron chi connectivity index (χ1n) is 7.23. The number of benzene rings is 1. The zero-order chi connectivity index (χ0) is 17.5. The predicted octanol–water partition coefficient (Wildman–Crippen LogP) is 0.424. The van der Waals surface area contributed by atoms with Gasteiger partial charge in [0.05, 0.1) is 12.3 Å². The minimum absolute atomic E-state index is 0.111. The first-order chi connectivity index (χ1) is 10.8. The van der Waals surface area contributed by atoms with Crippen LogP contribution in [-0.4, -0.2) is 67.0 Å². The number of likely N-dealkylation sites (N-methyl/N-ethyl adjacent to an activating group) is 1. The van der Waals surface area contributed by atoms with Crippen molar-refractivity contribution in [3.8, 4) is 0 Å². The van der Waals surface area contributed by atoms with Gasteiger partial charge in [0.15, 0.2) is 0 Å². The fourth-order valence-electron chi connectivity index (χ4n) is 1.97. The Morgan fingerprint density at radius 2 is 1.74 bits per heavy atom. The number of carboxylic acids is 1. The first-order valence-corrected chi connectivity index (χ1v) is 8.84. The quantitative estimate of drug-likeness (QED) is 0.702. The van der Waals surface area contributed by atoms with E-state index in [-0.39, 0.29) is 18.8 Å². The van der Waals surface area contributed by atoms with E-state index >= 15 is 0 Å². The lowest BCUT2D eigenvalue weighted by Gasteiger charge is -2.23. The number of hydrogen-bond acceptors (Lipinski definition) is 4. The zero-order valence-electron chi connectivity index (χ0n) is 13.3. The van der Waals surface area contributed by atoms with E-state index < -0.39 is 28.4 Å².